The van der Waals surface area contributed by atoms with Gasteiger partial charge in [-0.25, -0.2) is 0 Å². The summed E-state index contributed by atoms with van der Waals surface area (Å²) in [5.41, 5.74) is 12.5. The molecule has 0 bridgehead atoms. The number of nitrogens with two attached hydrogens (primary N) is 2. The highest BCUT2D eigenvalue weighted by molar-refractivity contribution is 5.73. The summed E-state index contributed by atoms with van der Waals surface area (Å²) in [6.45, 7) is 2.33. The summed E-state index contributed by atoms with van der Waals surface area (Å²) in [6.07, 6.45) is 1.14. The van der Waals surface area contributed by atoms with Crippen LogP contribution in [0.4, 0.5) is 5.69 Å². The molecule has 4 heteroatoms. The summed E-state index contributed by atoms with van der Waals surface area (Å²) < 4.78 is 5.32. The van der Waals surface area contributed by atoms with Crippen LogP contribution in [0.3, 0.4) is 0 Å². The first-order chi connectivity index (χ1) is 7.13. The Morgan fingerprint density at radius 1 is 1.47 bits per heavy atom. The van der Waals surface area contributed by atoms with Crippen molar-refractivity contribution in [3.63, 3.8) is 0 Å². The summed E-state index contributed by atoms with van der Waals surface area (Å²) in [4.78, 5) is 10.5. The monoisotopic (exact) mass is 208 g/mol. The number of carbonyl (C=O) groups excluding carboxylic acids is 1. The van der Waals surface area contributed by atoms with E-state index in [1.165, 1.54) is 0 Å². The van der Waals surface area contributed by atoms with Gasteiger partial charge in [0.05, 0.1) is 18.7 Å². The Hall–Kier alpha value is -1.71. The third-order valence-corrected chi connectivity index (χ3v) is 2.09. The van der Waals surface area contributed by atoms with E-state index in [0.29, 0.717) is 11.4 Å². The summed E-state index contributed by atoms with van der Waals surface area (Å²) in [5.74, 6) is 0.229. The largest absolute Gasteiger partial charge is 0.491 e. The maximum atomic E-state index is 10.5. The van der Waals surface area contributed by atoms with Crippen LogP contribution in [-0.4, -0.2) is 12.5 Å². The molecular formula is C11H16N2O2. The quantitative estimate of drug-likeness (QED) is 0.711. The molecule has 82 valence electrons. The number of carbonyl (C=O) groups is 1. The van der Waals surface area contributed by atoms with Gasteiger partial charge in [0, 0.05) is 0 Å². The number of hydrogen-bond donors (Lipinski definition) is 2. The van der Waals surface area contributed by atoms with E-state index in [9.17, 15) is 4.79 Å². The number of benzene rings is 1. The fourth-order valence-corrected chi connectivity index (χ4v) is 1.21. The van der Waals surface area contributed by atoms with E-state index in [-0.39, 0.29) is 18.9 Å². The molecule has 0 saturated heterocycles. The van der Waals surface area contributed by atoms with Crippen LogP contribution in [0.5, 0.6) is 5.75 Å². The fraction of sp³-hybridized carbons (Fsp3) is 0.364. The summed E-state index contributed by atoms with van der Waals surface area (Å²) >= 11 is 0. The second-order valence-corrected chi connectivity index (χ2v) is 3.29. The number of primary amides is 1. The van der Waals surface area contributed by atoms with Crippen molar-refractivity contribution in [3.8, 4) is 5.75 Å². The van der Waals surface area contributed by atoms with Gasteiger partial charge in [-0.15, -0.1) is 0 Å². The lowest BCUT2D eigenvalue weighted by molar-refractivity contribution is -0.118. The highest BCUT2D eigenvalue weighted by Crippen LogP contribution is 2.22. The molecule has 0 spiro atoms. The van der Waals surface area contributed by atoms with Gasteiger partial charge in [0.2, 0.25) is 5.91 Å². The number of anilines is 1. The van der Waals surface area contributed by atoms with Crippen LogP contribution in [-0.2, 0) is 11.2 Å². The van der Waals surface area contributed by atoms with E-state index in [1.807, 2.05) is 18.2 Å². The highest BCUT2D eigenvalue weighted by Gasteiger charge is 2.02. The van der Waals surface area contributed by atoms with Crippen LogP contribution in [0, 0.1) is 0 Å². The Bertz CT molecular complexity index is 350. The van der Waals surface area contributed by atoms with Crippen LogP contribution in [0.2, 0.25) is 0 Å². The van der Waals surface area contributed by atoms with Gasteiger partial charge >= 0.3 is 0 Å². The molecule has 0 radical (unpaired) electrons. The van der Waals surface area contributed by atoms with Crippen LogP contribution >= 0.6 is 0 Å². The lowest BCUT2D eigenvalue weighted by atomic mass is 10.1. The zero-order chi connectivity index (χ0) is 11.3. The van der Waals surface area contributed by atoms with Crippen LogP contribution in [0.25, 0.3) is 0 Å². The van der Waals surface area contributed by atoms with Crippen molar-refractivity contribution >= 4 is 11.6 Å². The number of hydrogen-bond acceptors (Lipinski definition) is 3. The van der Waals surface area contributed by atoms with Crippen LogP contribution in [0.1, 0.15) is 18.9 Å². The second-order valence-electron chi connectivity index (χ2n) is 3.29. The van der Waals surface area contributed by atoms with Crippen molar-refractivity contribution in [2.45, 2.75) is 19.8 Å². The molecule has 0 aliphatic heterocycles. The van der Waals surface area contributed by atoms with Gasteiger partial charge in [-0.2, -0.15) is 0 Å². The van der Waals surface area contributed by atoms with Gasteiger partial charge in [0.15, 0.2) is 0 Å². The lowest BCUT2D eigenvalue weighted by Crippen LogP contribution is -2.14. The SMILES string of the molecule is CCc1ccc(OCCC(N)=O)c(N)c1. The van der Waals surface area contributed by atoms with Gasteiger partial charge in [0.25, 0.3) is 0 Å². The molecule has 0 aliphatic rings. The van der Waals surface area contributed by atoms with Crippen molar-refractivity contribution in [2.75, 3.05) is 12.3 Å². The first kappa shape index (κ1) is 11.4. The molecule has 0 heterocycles. The van der Waals surface area contributed by atoms with Crippen LogP contribution < -0.4 is 16.2 Å². The molecule has 4 nitrogen and oxygen atoms in total. The Labute approximate surface area is 89.2 Å². The minimum Gasteiger partial charge on any atom is -0.491 e. The molecule has 1 aromatic carbocycles. The molecule has 0 aliphatic carbocycles. The molecular weight excluding hydrogens is 192 g/mol. The molecule has 0 saturated carbocycles. The molecule has 0 aromatic heterocycles. The predicted molar refractivity (Wildman–Crippen MR) is 59.5 cm³/mol. The van der Waals surface area contributed by atoms with Gasteiger partial charge in [-0.05, 0) is 24.1 Å². The van der Waals surface area contributed by atoms with Crippen molar-refractivity contribution < 1.29 is 9.53 Å². The van der Waals surface area contributed by atoms with Crippen molar-refractivity contribution in [1.82, 2.24) is 0 Å². The molecule has 0 unspecified atom stereocenters. The van der Waals surface area contributed by atoms with Crippen molar-refractivity contribution in [2.24, 2.45) is 5.73 Å². The molecule has 4 N–H and O–H groups in total. The van der Waals surface area contributed by atoms with Crippen molar-refractivity contribution in [1.29, 1.82) is 0 Å². The second kappa shape index (κ2) is 5.24. The van der Waals surface area contributed by atoms with E-state index >= 15 is 0 Å². The lowest BCUT2D eigenvalue weighted by Gasteiger charge is -2.08. The minimum atomic E-state index is -0.376. The Morgan fingerprint density at radius 2 is 2.20 bits per heavy atom. The molecule has 0 atom stereocenters. The average molecular weight is 208 g/mol. The summed E-state index contributed by atoms with van der Waals surface area (Å²) in [6, 6.07) is 5.64. The fourth-order valence-electron chi connectivity index (χ4n) is 1.21. The van der Waals surface area contributed by atoms with Gasteiger partial charge in [-0.1, -0.05) is 13.0 Å². The van der Waals surface area contributed by atoms with E-state index in [4.69, 9.17) is 16.2 Å². The summed E-state index contributed by atoms with van der Waals surface area (Å²) in [7, 11) is 0. The number of rotatable bonds is 5. The third kappa shape index (κ3) is 3.50. The standard InChI is InChI=1S/C11H16N2O2/c1-2-8-3-4-10(9(12)7-8)15-6-5-11(13)14/h3-4,7H,2,5-6,12H2,1H3,(H2,13,14). The first-order valence-corrected chi connectivity index (χ1v) is 4.93. The number of amides is 1. The van der Waals surface area contributed by atoms with Crippen LogP contribution in [0.15, 0.2) is 18.2 Å². The normalized spacial score (nSPS) is 9.93. The topological polar surface area (TPSA) is 78.3 Å². The Morgan fingerprint density at radius 3 is 2.73 bits per heavy atom. The van der Waals surface area contributed by atoms with E-state index in [0.717, 1.165) is 12.0 Å². The molecule has 1 amide bonds. The number of ether oxygens (including phenoxy) is 1. The number of nitrogen functional groups attached to an aromatic ring is 1. The van der Waals surface area contributed by atoms with E-state index in [1.54, 1.807) is 0 Å². The Kier molecular flexibility index (Phi) is 3.97. The smallest absolute Gasteiger partial charge is 0.220 e. The zero-order valence-corrected chi connectivity index (χ0v) is 8.82. The third-order valence-electron chi connectivity index (χ3n) is 2.09. The minimum absolute atomic E-state index is 0.203. The zero-order valence-electron chi connectivity index (χ0n) is 8.82. The first-order valence-electron chi connectivity index (χ1n) is 4.93. The maximum Gasteiger partial charge on any atom is 0.220 e. The van der Waals surface area contributed by atoms with E-state index in [2.05, 4.69) is 6.92 Å². The molecule has 0 fully saturated rings. The predicted octanol–water partition coefficient (Wildman–Crippen LogP) is 1.09. The average Bonchev–Trinajstić information content (AvgIpc) is 2.20. The van der Waals surface area contributed by atoms with Gasteiger partial charge in [-0.3, -0.25) is 4.79 Å². The molecule has 1 rings (SSSR count). The summed E-state index contributed by atoms with van der Waals surface area (Å²) in [5, 5.41) is 0. The van der Waals surface area contributed by atoms with Crippen molar-refractivity contribution in [3.05, 3.63) is 23.8 Å². The molecule has 15 heavy (non-hydrogen) atoms. The maximum absolute atomic E-state index is 10.5. The highest BCUT2D eigenvalue weighted by atomic mass is 16.5. The van der Waals surface area contributed by atoms with Gasteiger partial charge < -0.3 is 16.2 Å². The van der Waals surface area contributed by atoms with E-state index < -0.39 is 0 Å². The number of aryl methyl sites for hydroxylation is 1. The Balaban J connectivity index is 2.58. The molecule has 1 aromatic rings. The van der Waals surface area contributed by atoms with Gasteiger partial charge in [0.1, 0.15) is 5.75 Å².